The van der Waals surface area contributed by atoms with Crippen LogP contribution in [0.1, 0.15) is 72.1 Å². The molecule has 2 saturated heterocycles. The molecule has 5 rings (SSSR count). The van der Waals surface area contributed by atoms with Crippen LogP contribution in [0.4, 0.5) is 0 Å². The molecule has 3 heteroatoms. The van der Waals surface area contributed by atoms with Crippen molar-refractivity contribution in [2.24, 2.45) is 28.4 Å². The molecule has 0 bridgehead atoms. The molecule has 25 heavy (non-hydrogen) atoms. The van der Waals surface area contributed by atoms with Crippen molar-refractivity contribution in [2.45, 2.75) is 96.6 Å². The topological polar surface area (TPSA) is 41.8 Å². The van der Waals surface area contributed by atoms with Crippen molar-refractivity contribution in [3.63, 3.8) is 0 Å². The van der Waals surface area contributed by atoms with Gasteiger partial charge in [-0.05, 0) is 82.6 Å². The van der Waals surface area contributed by atoms with Crippen LogP contribution in [0.5, 0.6) is 0 Å². The molecule has 0 radical (unpaired) electrons. The number of likely N-dealkylation sites (N-methyl/N-ethyl adjacent to an activating group) is 1. The van der Waals surface area contributed by atoms with Crippen LogP contribution < -0.4 is 5.73 Å². The summed E-state index contributed by atoms with van der Waals surface area (Å²) in [6, 6.07) is 1.02. The zero-order valence-electron chi connectivity index (χ0n) is 16.6. The average molecular weight is 345 g/mol. The Bertz CT molecular complexity index is 613. The van der Waals surface area contributed by atoms with Crippen LogP contribution in [-0.4, -0.2) is 36.4 Å². The molecule has 3 fully saturated rings. The molecule has 0 amide bonds. The Kier molecular flexibility index (Phi) is 3.57. The molecular weight excluding hydrogens is 308 g/mol. The molecule has 3 nitrogen and oxygen atoms in total. The number of hydrogen-bond acceptors (Lipinski definition) is 3. The summed E-state index contributed by atoms with van der Waals surface area (Å²) in [6.07, 6.45) is 11.6. The zero-order chi connectivity index (χ0) is 17.6. The lowest BCUT2D eigenvalue weighted by atomic mass is 9.54. The van der Waals surface area contributed by atoms with Crippen molar-refractivity contribution in [1.29, 1.82) is 0 Å². The molecule has 7 unspecified atom stereocenters. The van der Waals surface area contributed by atoms with Gasteiger partial charge in [0.05, 0.1) is 6.10 Å². The van der Waals surface area contributed by atoms with Gasteiger partial charge in [-0.15, -0.1) is 0 Å². The fraction of sp³-hybridized carbons (Fsp3) is 0.909. The van der Waals surface area contributed by atoms with Gasteiger partial charge in [0.25, 0.3) is 0 Å². The standard InChI is InChI=1S/C22H36N2O/c1-13(23)15-6-7-16-14-5-8-19-22(3,17(14)9-11-21(15,16)2)12-10-18-20(25-18)24(19)4/h13,15-16,18-20H,5-12,23H2,1-4H3/t13?,15?,16?,18?,19-,20?,21?,22?/m1/s1. The third-order valence-corrected chi connectivity index (χ3v) is 9.27. The van der Waals surface area contributed by atoms with Crippen molar-refractivity contribution in [1.82, 2.24) is 4.90 Å². The van der Waals surface area contributed by atoms with E-state index in [0.29, 0.717) is 35.2 Å². The zero-order valence-corrected chi connectivity index (χ0v) is 16.6. The minimum absolute atomic E-state index is 0.345. The summed E-state index contributed by atoms with van der Waals surface area (Å²) >= 11 is 0. The Morgan fingerprint density at radius 1 is 1.12 bits per heavy atom. The summed E-state index contributed by atoms with van der Waals surface area (Å²) in [5, 5.41) is 0. The summed E-state index contributed by atoms with van der Waals surface area (Å²) in [5.41, 5.74) is 11.0. The van der Waals surface area contributed by atoms with Crippen LogP contribution in [0.25, 0.3) is 0 Å². The molecule has 5 aliphatic rings. The van der Waals surface area contributed by atoms with Crippen molar-refractivity contribution < 1.29 is 4.74 Å². The number of allylic oxidation sites excluding steroid dienone is 1. The van der Waals surface area contributed by atoms with Gasteiger partial charge in [-0.3, -0.25) is 4.90 Å². The number of fused-ring (bicyclic) bond motifs is 5. The quantitative estimate of drug-likeness (QED) is 0.576. The Morgan fingerprint density at radius 3 is 2.68 bits per heavy atom. The Labute approximate surface area is 153 Å². The van der Waals surface area contributed by atoms with Gasteiger partial charge in [0, 0.05) is 17.5 Å². The number of hydrogen-bond donors (Lipinski definition) is 1. The number of likely N-dealkylation sites (tertiary alicyclic amines) is 1. The molecule has 0 aromatic rings. The van der Waals surface area contributed by atoms with E-state index in [9.17, 15) is 0 Å². The number of epoxide rings is 1. The van der Waals surface area contributed by atoms with Crippen LogP contribution in [0.3, 0.4) is 0 Å². The Balaban J connectivity index is 1.53. The van der Waals surface area contributed by atoms with Gasteiger partial charge >= 0.3 is 0 Å². The van der Waals surface area contributed by atoms with Gasteiger partial charge in [-0.1, -0.05) is 25.0 Å². The largest absolute Gasteiger partial charge is 0.353 e. The highest BCUT2D eigenvalue weighted by atomic mass is 16.6. The Morgan fingerprint density at radius 2 is 1.92 bits per heavy atom. The fourth-order valence-corrected chi connectivity index (χ4v) is 7.91. The lowest BCUT2D eigenvalue weighted by Gasteiger charge is -2.54. The van der Waals surface area contributed by atoms with Gasteiger partial charge in [0.15, 0.2) is 0 Å². The van der Waals surface area contributed by atoms with E-state index in [2.05, 4.69) is 32.7 Å². The lowest BCUT2D eigenvalue weighted by molar-refractivity contribution is 0.0401. The molecule has 140 valence electrons. The molecule has 2 N–H and O–H groups in total. The van der Waals surface area contributed by atoms with Crippen molar-refractivity contribution in [3.8, 4) is 0 Å². The fourth-order valence-electron chi connectivity index (χ4n) is 7.91. The van der Waals surface area contributed by atoms with Crippen LogP contribution in [-0.2, 0) is 4.74 Å². The SMILES string of the molecule is CC(N)C1CCC2C3=C(CCC21C)C1(C)CCC2OC2N(C)[C@@H]1CC3. The molecule has 8 atom stereocenters. The smallest absolute Gasteiger partial charge is 0.137 e. The van der Waals surface area contributed by atoms with Crippen molar-refractivity contribution >= 4 is 0 Å². The maximum absolute atomic E-state index is 6.41. The second-order valence-electron chi connectivity index (χ2n) is 10.3. The third kappa shape index (κ3) is 2.15. The van der Waals surface area contributed by atoms with Gasteiger partial charge < -0.3 is 10.5 Å². The molecular formula is C22H36N2O. The summed E-state index contributed by atoms with van der Waals surface area (Å²) in [7, 11) is 2.32. The minimum Gasteiger partial charge on any atom is -0.353 e. The first-order valence-electron chi connectivity index (χ1n) is 10.7. The molecule has 0 aromatic carbocycles. The third-order valence-electron chi connectivity index (χ3n) is 9.27. The van der Waals surface area contributed by atoms with E-state index in [-0.39, 0.29) is 0 Å². The molecule has 0 aromatic heterocycles. The van der Waals surface area contributed by atoms with Crippen LogP contribution in [0.15, 0.2) is 11.1 Å². The summed E-state index contributed by atoms with van der Waals surface area (Å²) < 4.78 is 5.92. The van der Waals surface area contributed by atoms with Crippen LogP contribution >= 0.6 is 0 Å². The van der Waals surface area contributed by atoms with Gasteiger partial charge in [-0.2, -0.15) is 0 Å². The van der Waals surface area contributed by atoms with Crippen LogP contribution in [0.2, 0.25) is 0 Å². The number of rotatable bonds is 1. The van der Waals surface area contributed by atoms with E-state index in [0.717, 1.165) is 11.8 Å². The monoisotopic (exact) mass is 344 g/mol. The highest BCUT2D eigenvalue weighted by Crippen LogP contribution is 2.64. The van der Waals surface area contributed by atoms with Crippen molar-refractivity contribution in [2.75, 3.05) is 7.05 Å². The average Bonchev–Trinajstić information content (AvgIpc) is 3.26. The second kappa shape index (κ2) is 5.33. The van der Waals surface area contributed by atoms with E-state index in [4.69, 9.17) is 10.5 Å². The predicted octanol–water partition coefficient (Wildman–Crippen LogP) is 4.08. The van der Waals surface area contributed by atoms with E-state index in [1.165, 1.54) is 51.4 Å². The number of ether oxygens (including phenoxy) is 1. The molecule has 3 aliphatic carbocycles. The summed E-state index contributed by atoms with van der Waals surface area (Å²) in [5.74, 6) is 1.53. The number of nitrogens with zero attached hydrogens (tertiary/aromatic N) is 1. The highest BCUT2D eigenvalue weighted by Gasteiger charge is 2.58. The summed E-state index contributed by atoms with van der Waals surface area (Å²) in [4.78, 5) is 2.59. The number of nitrogens with two attached hydrogens (primary N) is 1. The Hall–Kier alpha value is -0.380. The molecule has 2 heterocycles. The summed E-state index contributed by atoms with van der Waals surface area (Å²) in [6.45, 7) is 7.40. The first-order chi connectivity index (χ1) is 11.9. The van der Waals surface area contributed by atoms with Gasteiger partial charge in [0.2, 0.25) is 0 Å². The first-order valence-corrected chi connectivity index (χ1v) is 10.7. The first kappa shape index (κ1) is 16.8. The highest BCUT2D eigenvalue weighted by molar-refractivity contribution is 5.35. The van der Waals surface area contributed by atoms with E-state index >= 15 is 0 Å². The second-order valence-corrected chi connectivity index (χ2v) is 10.3. The van der Waals surface area contributed by atoms with E-state index < -0.39 is 0 Å². The van der Waals surface area contributed by atoms with Gasteiger partial charge in [-0.25, -0.2) is 0 Å². The van der Waals surface area contributed by atoms with Crippen molar-refractivity contribution in [3.05, 3.63) is 11.1 Å². The maximum atomic E-state index is 6.41. The van der Waals surface area contributed by atoms with Gasteiger partial charge in [0.1, 0.15) is 6.23 Å². The van der Waals surface area contributed by atoms with Crippen LogP contribution in [0, 0.1) is 22.7 Å². The predicted molar refractivity (Wildman–Crippen MR) is 101 cm³/mol. The normalized spacial score (nSPS) is 53.4. The lowest BCUT2D eigenvalue weighted by Crippen LogP contribution is -2.51. The maximum Gasteiger partial charge on any atom is 0.137 e. The molecule has 1 saturated carbocycles. The van der Waals surface area contributed by atoms with E-state index in [1.807, 2.05) is 11.1 Å². The molecule has 2 aliphatic heterocycles. The molecule has 0 spiro atoms. The minimum atomic E-state index is 0.345. The van der Waals surface area contributed by atoms with E-state index in [1.54, 1.807) is 0 Å².